The first-order valence-corrected chi connectivity index (χ1v) is 8.33. The van der Waals surface area contributed by atoms with E-state index in [-0.39, 0.29) is 28.5 Å². The number of hydrogen-bond donors (Lipinski definition) is 5. The highest BCUT2D eigenvalue weighted by Crippen LogP contribution is 2.36. The number of hydrazine groups is 1. The Morgan fingerprint density at radius 1 is 1.29 bits per heavy atom. The molecular formula is C13H15N5O5S. The van der Waals surface area contributed by atoms with Crippen LogP contribution in [0.3, 0.4) is 0 Å². The molecule has 0 saturated heterocycles. The molecule has 1 aromatic carbocycles. The molecule has 0 aliphatic heterocycles. The maximum atomic E-state index is 11.8. The van der Waals surface area contributed by atoms with Crippen molar-refractivity contribution in [3.63, 3.8) is 0 Å². The third kappa shape index (κ3) is 5.10. The Kier molecular flexibility index (Phi) is 6.49. The third-order valence-electron chi connectivity index (χ3n) is 2.74. The minimum Gasteiger partial charge on any atom is -0.394 e. The van der Waals surface area contributed by atoms with E-state index in [1.54, 1.807) is 0 Å². The van der Waals surface area contributed by atoms with Gasteiger partial charge < -0.3 is 15.5 Å². The SMILES string of the molecule is [C-]#[N+]c1cc(NNC(=O)NCC(O)CO)c(S(C)(=O)=O)cc1[N+]#[C-]. The molecule has 0 spiro atoms. The van der Waals surface area contributed by atoms with Gasteiger partial charge in [-0.2, -0.15) is 0 Å². The van der Waals surface area contributed by atoms with E-state index in [2.05, 4.69) is 25.9 Å². The van der Waals surface area contributed by atoms with E-state index in [9.17, 15) is 13.2 Å². The van der Waals surface area contributed by atoms with Crippen LogP contribution in [0.4, 0.5) is 21.9 Å². The van der Waals surface area contributed by atoms with Gasteiger partial charge in [0.1, 0.15) is 0 Å². The first kappa shape index (κ1) is 19.2. The molecule has 2 amide bonds. The summed E-state index contributed by atoms with van der Waals surface area (Å²) in [5.74, 6) is 0. The Morgan fingerprint density at radius 3 is 2.38 bits per heavy atom. The van der Waals surface area contributed by atoms with Crippen molar-refractivity contribution in [2.75, 3.05) is 24.8 Å². The molecule has 128 valence electrons. The van der Waals surface area contributed by atoms with Gasteiger partial charge in [0.25, 0.3) is 0 Å². The molecule has 0 radical (unpaired) electrons. The number of urea groups is 1. The van der Waals surface area contributed by atoms with Crippen LogP contribution in [-0.4, -0.2) is 50.2 Å². The van der Waals surface area contributed by atoms with Gasteiger partial charge in [-0.1, -0.05) is 0 Å². The van der Waals surface area contributed by atoms with E-state index >= 15 is 0 Å². The molecule has 5 N–H and O–H groups in total. The molecule has 1 aromatic rings. The van der Waals surface area contributed by atoms with Gasteiger partial charge in [-0.3, -0.25) is 20.5 Å². The summed E-state index contributed by atoms with van der Waals surface area (Å²) >= 11 is 0. The van der Waals surface area contributed by atoms with Crippen LogP contribution in [0.2, 0.25) is 0 Å². The lowest BCUT2D eigenvalue weighted by molar-refractivity contribution is 0.0960. The van der Waals surface area contributed by atoms with Gasteiger partial charge in [-0.15, -0.1) is 0 Å². The minimum atomic E-state index is -3.72. The number of amides is 2. The van der Waals surface area contributed by atoms with Crippen molar-refractivity contribution < 1.29 is 23.4 Å². The van der Waals surface area contributed by atoms with Crippen LogP contribution >= 0.6 is 0 Å². The lowest BCUT2D eigenvalue weighted by atomic mass is 10.2. The van der Waals surface area contributed by atoms with Crippen LogP contribution in [0.5, 0.6) is 0 Å². The van der Waals surface area contributed by atoms with Gasteiger partial charge in [-0.25, -0.2) is 13.2 Å². The fraction of sp³-hybridized carbons (Fsp3) is 0.308. The fourth-order valence-corrected chi connectivity index (χ4v) is 2.42. The van der Waals surface area contributed by atoms with Crippen molar-refractivity contribution in [2.24, 2.45) is 0 Å². The maximum Gasteiger partial charge on any atom is 0.333 e. The summed E-state index contributed by atoms with van der Waals surface area (Å²) in [6.45, 7) is 13.3. The number of carbonyl (C=O) groups is 1. The van der Waals surface area contributed by atoms with Gasteiger partial charge in [0, 0.05) is 12.8 Å². The highest BCUT2D eigenvalue weighted by atomic mass is 32.2. The number of anilines is 1. The fourth-order valence-electron chi connectivity index (χ4n) is 1.58. The quantitative estimate of drug-likeness (QED) is 0.365. The van der Waals surface area contributed by atoms with Crippen LogP contribution < -0.4 is 16.2 Å². The lowest BCUT2D eigenvalue weighted by Gasteiger charge is -2.15. The molecule has 0 aromatic heterocycles. The number of aliphatic hydroxyl groups excluding tert-OH is 2. The topological polar surface area (TPSA) is 136 Å². The number of nitrogens with one attached hydrogen (secondary N) is 3. The lowest BCUT2D eigenvalue weighted by Crippen LogP contribution is -2.43. The highest BCUT2D eigenvalue weighted by Gasteiger charge is 2.18. The maximum absolute atomic E-state index is 11.8. The highest BCUT2D eigenvalue weighted by molar-refractivity contribution is 7.90. The molecular weight excluding hydrogens is 338 g/mol. The number of hydrogen-bond acceptors (Lipinski definition) is 6. The van der Waals surface area contributed by atoms with Crippen molar-refractivity contribution in [3.8, 4) is 0 Å². The average molecular weight is 353 g/mol. The zero-order valence-electron chi connectivity index (χ0n) is 12.6. The van der Waals surface area contributed by atoms with Crippen molar-refractivity contribution in [2.45, 2.75) is 11.0 Å². The Hall–Kier alpha value is -2.86. The van der Waals surface area contributed by atoms with Crippen LogP contribution in [0, 0.1) is 13.1 Å². The zero-order valence-corrected chi connectivity index (χ0v) is 13.4. The second-order valence-corrected chi connectivity index (χ2v) is 6.61. The summed E-state index contributed by atoms with van der Waals surface area (Å²) < 4.78 is 23.6. The predicted molar refractivity (Wildman–Crippen MR) is 85.3 cm³/mol. The number of aliphatic hydroxyl groups is 2. The molecule has 11 heteroatoms. The summed E-state index contributed by atoms with van der Waals surface area (Å²) in [4.78, 5) is 17.5. The van der Waals surface area contributed by atoms with Crippen LogP contribution in [-0.2, 0) is 9.84 Å². The van der Waals surface area contributed by atoms with Crippen LogP contribution in [0.15, 0.2) is 17.0 Å². The molecule has 0 heterocycles. The summed E-state index contributed by atoms with van der Waals surface area (Å²) in [7, 11) is -3.72. The molecule has 1 rings (SSSR count). The summed E-state index contributed by atoms with van der Waals surface area (Å²) in [5.41, 5.74) is 4.23. The minimum absolute atomic E-state index is 0.0715. The Labute approximate surface area is 138 Å². The molecule has 0 saturated carbocycles. The van der Waals surface area contributed by atoms with E-state index in [4.69, 9.17) is 23.4 Å². The van der Waals surface area contributed by atoms with Crippen molar-refractivity contribution in [1.82, 2.24) is 10.7 Å². The Morgan fingerprint density at radius 2 is 1.88 bits per heavy atom. The summed E-state index contributed by atoms with van der Waals surface area (Å²) in [5, 5.41) is 20.0. The van der Waals surface area contributed by atoms with Crippen molar-refractivity contribution in [3.05, 3.63) is 35.0 Å². The number of carbonyl (C=O) groups excluding carboxylic acids is 1. The molecule has 24 heavy (non-hydrogen) atoms. The molecule has 1 unspecified atom stereocenters. The zero-order chi connectivity index (χ0) is 18.3. The third-order valence-corrected chi connectivity index (χ3v) is 3.87. The van der Waals surface area contributed by atoms with Crippen LogP contribution in [0.1, 0.15) is 0 Å². The van der Waals surface area contributed by atoms with E-state index in [1.165, 1.54) is 0 Å². The Balaban J connectivity index is 3.01. The standard InChI is InChI=1S/C13H15N5O5S/c1-14-9-4-11(12(24(3,22)23)5-10(9)15-2)17-18-13(21)16-6-8(20)7-19/h4-5,8,17,19-20H,6-7H2,3H3,(H2,16,18,21). The second-order valence-electron chi connectivity index (χ2n) is 4.63. The normalized spacial score (nSPS) is 11.7. The molecule has 0 aliphatic rings. The monoisotopic (exact) mass is 353 g/mol. The van der Waals surface area contributed by atoms with Gasteiger partial charge in [0.2, 0.25) is 0 Å². The van der Waals surface area contributed by atoms with Gasteiger partial charge in [-0.05, 0) is 12.1 Å². The van der Waals surface area contributed by atoms with Crippen molar-refractivity contribution in [1.29, 1.82) is 0 Å². The molecule has 0 aliphatic carbocycles. The van der Waals surface area contributed by atoms with Crippen LogP contribution in [0.25, 0.3) is 9.69 Å². The summed E-state index contributed by atoms with van der Waals surface area (Å²) in [6.07, 6.45) is -0.204. The van der Waals surface area contributed by atoms with Gasteiger partial charge in [0.05, 0.1) is 36.4 Å². The van der Waals surface area contributed by atoms with Gasteiger partial charge >= 0.3 is 6.03 Å². The largest absolute Gasteiger partial charge is 0.394 e. The number of rotatable bonds is 6. The first-order valence-electron chi connectivity index (χ1n) is 6.44. The van der Waals surface area contributed by atoms with E-state index < -0.39 is 28.6 Å². The van der Waals surface area contributed by atoms with E-state index in [0.717, 1.165) is 18.4 Å². The number of sulfone groups is 1. The smallest absolute Gasteiger partial charge is 0.333 e. The predicted octanol–water partition coefficient (Wildman–Crippen LogP) is 0.171. The molecule has 0 fully saturated rings. The summed E-state index contributed by atoms with van der Waals surface area (Å²) in [6, 6.07) is 1.40. The Bertz CT molecular complexity index is 809. The van der Waals surface area contributed by atoms with Crippen molar-refractivity contribution >= 4 is 32.9 Å². The average Bonchev–Trinajstić information content (AvgIpc) is 2.55. The second kappa shape index (κ2) is 8.12. The number of benzene rings is 1. The molecule has 1 atom stereocenters. The van der Waals surface area contributed by atoms with E-state index in [0.29, 0.717) is 0 Å². The first-order chi connectivity index (χ1) is 11.2. The number of nitrogens with zero attached hydrogens (tertiary/aromatic N) is 2. The van der Waals surface area contributed by atoms with Gasteiger partial charge in [0.15, 0.2) is 21.2 Å². The molecule has 10 nitrogen and oxygen atoms in total. The van der Waals surface area contributed by atoms with E-state index in [1.807, 2.05) is 0 Å². The molecule has 0 bridgehead atoms.